The Morgan fingerprint density at radius 1 is 1.64 bits per heavy atom. The molecule has 0 N–H and O–H groups in total. The minimum absolute atomic E-state index is 0.0995. The van der Waals surface area contributed by atoms with E-state index in [1.165, 1.54) is 0 Å². The molecule has 0 spiro atoms. The zero-order chi connectivity index (χ0) is 8.27. The monoisotopic (exact) mass is 381 g/mol. The number of carbonyl (C=O) groups is 1. The number of carbonyl (C=O) groups excluding carboxylic acids is 1. The lowest BCUT2D eigenvalue weighted by atomic mass is 10.1. The van der Waals surface area contributed by atoms with Gasteiger partial charge in [-0.2, -0.15) is 0 Å². The van der Waals surface area contributed by atoms with Crippen LogP contribution in [0.1, 0.15) is 0 Å². The summed E-state index contributed by atoms with van der Waals surface area (Å²) in [5.41, 5.74) is 0. The van der Waals surface area contributed by atoms with Gasteiger partial charge < -0.3 is 4.74 Å². The fourth-order valence-corrected chi connectivity index (χ4v) is 2.20. The summed E-state index contributed by atoms with van der Waals surface area (Å²) in [6, 6.07) is 0. The SMILES string of the molecule is O=C(CI)OCC1CN(I)C1. The largest absolute Gasteiger partial charge is 0.465 e. The first-order valence-corrected chi connectivity index (χ1v) is 5.83. The van der Waals surface area contributed by atoms with Crippen molar-refractivity contribution in [1.82, 2.24) is 3.11 Å². The van der Waals surface area contributed by atoms with Crippen LogP contribution in [-0.2, 0) is 9.53 Å². The number of alkyl halides is 1. The smallest absolute Gasteiger partial charge is 0.315 e. The van der Waals surface area contributed by atoms with Gasteiger partial charge in [-0.25, -0.2) is 3.11 Å². The molecule has 5 heteroatoms. The van der Waals surface area contributed by atoms with Crippen molar-refractivity contribution < 1.29 is 9.53 Å². The van der Waals surface area contributed by atoms with Crippen LogP contribution in [0.2, 0.25) is 0 Å². The zero-order valence-corrected chi connectivity index (χ0v) is 10.2. The van der Waals surface area contributed by atoms with Gasteiger partial charge in [0.2, 0.25) is 0 Å². The van der Waals surface area contributed by atoms with Crippen molar-refractivity contribution >= 4 is 51.4 Å². The van der Waals surface area contributed by atoms with Crippen LogP contribution in [0.5, 0.6) is 0 Å². The van der Waals surface area contributed by atoms with Crippen molar-refractivity contribution in [2.24, 2.45) is 5.92 Å². The molecule has 1 aliphatic rings. The third-order valence-corrected chi connectivity index (χ3v) is 2.91. The highest BCUT2D eigenvalue weighted by molar-refractivity contribution is 14.1. The predicted molar refractivity (Wildman–Crippen MR) is 58.9 cm³/mol. The lowest BCUT2D eigenvalue weighted by Crippen LogP contribution is -2.42. The summed E-state index contributed by atoms with van der Waals surface area (Å²) in [4.78, 5) is 10.7. The first kappa shape index (κ1) is 9.97. The Morgan fingerprint density at radius 3 is 2.73 bits per heavy atom. The lowest BCUT2D eigenvalue weighted by Gasteiger charge is -2.33. The number of hydrogen-bond acceptors (Lipinski definition) is 3. The second-order valence-electron chi connectivity index (χ2n) is 2.51. The van der Waals surface area contributed by atoms with E-state index in [-0.39, 0.29) is 5.97 Å². The van der Waals surface area contributed by atoms with Gasteiger partial charge in [0.05, 0.1) is 11.0 Å². The van der Waals surface area contributed by atoms with E-state index >= 15 is 0 Å². The highest BCUT2D eigenvalue weighted by Gasteiger charge is 2.25. The van der Waals surface area contributed by atoms with Crippen molar-refractivity contribution in [2.45, 2.75) is 0 Å². The molecule has 0 amide bonds. The molecular formula is C6H9I2NO2. The maximum atomic E-state index is 10.7. The Bertz CT molecular complexity index is 148. The molecule has 11 heavy (non-hydrogen) atoms. The third kappa shape index (κ3) is 3.41. The minimum atomic E-state index is -0.0995. The van der Waals surface area contributed by atoms with Gasteiger partial charge in [-0.1, -0.05) is 22.6 Å². The summed E-state index contributed by atoms with van der Waals surface area (Å²) in [6.07, 6.45) is 0. The third-order valence-electron chi connectivity index (χ3n) is 1.50. The molecule has 1 aliphatic heterocycles. The molecule has 64 valence electrons. The molecule has 0 bridgehead atoms. The van der Waals surface area contributed by atoms with Crippen LogP contribution in [0, 0.1) is 5.92 Å². The molecule has 0 aliphatic carbocycles. The van der Waals surface area contributed by atoms with Gasteiger partial charge in [-0.05, 0) is 0 Å². The van der Waals surface area contributed by atoms with Crippen LogP contribution in [0.25, 0.3) is 0 Å². The van der Waals surface area contributed by atoms with Crippen LogP contribution < -0.4 is 0 Å². The van der Waals surface area contributed by atoms with E-state index in [1.54, 1.807) is 0 Å². The summed E-state index contributed by atoms with van der Waals surface area (Å²) >= 11 is 4.27. The maximum Gasteiger partial charge on any atom is 0.315 e. The molecule has 1 fully saturated rings. The Morgan fingerprint density at radius 2 is 2.27 bits per heavy atom. The first-order chi connectivity index (χ1) is 5.22. The normalized spacial score (nSPS) is 19.5. The van der Waals surface area contributed by atoms with Crippen LogP contribution in [0.15, 0.2) is 0 Å². The van der Waals surface area contributed by atoms with Crippen molar-refractivity contribution in [2.75, 3.05) is 24.1 Å². The lowest BCUT2D eigenvalue weighted by molar-refractivity contribution is -0.142. The van der Waals surface area contributed by atoms with Gasteiger partial charge in [0, 0.05) is 41.9 Å². The van der Waals surface area contributed by atoms with Gasteiger partial charge in [0.1, 0.15) is 0 Å². The van der Waals surface area contributed by atoms with Gasteiger partial charge in [-0.15, -0.1) is 0 Å². The molecule has 0 atom stereocenters. The predicted octanol–water partition coefficient (Wildman–Crippen LogP) is 1.25. The van der Waals surface area contributed by atoms with E-state index < -0.39 is 0 Å². The van der Waals surface area contributed by atoms with Crippen LogP contribution >= 0.6 is 45.5 Å². The molecule has 3 nitrogen and oxygen atoms in total. The Labute approximate surface area is 93.5 Å². The molecule has 0 aromatic heterocycles. The van der Waals surface area contributed by atoms with Gasteiger partial charge in [0.25, 0.3) is 0 Å². The number of rotatable bonds is 3. The standard InChI is InChI=1S/C6H9I2NO2/c7-1-6(10)11-4-5-2-9(8)3-5/h5H,1-4H2. The molecular weight excluding hydrogens is 372 g/mol. The molecule has 1 rings (SSSR count). The number of hydrogen-bond donors (Lipinski definition) is 0. The van der Waals surface area contributed by atoms with E-state index in [0.29, 0.717) is 17.0 Å². The number of esters is 1. The van der Waals surface area contributed by atoms with E-state index in [0.717, 1.165) is 13.1 Å². The summed E-state index contributed by atoms with van der Waals surface area (Å²) in [5, 5.41) is 0. The fourth-order valence-electron chi connectivity index (χ4n) is 0.862. The fraction of sp³-hybridized carbons (Fsp3) is 0.833. The second kappa shape index (κ2) is 4.80. The summed E-state index contributed by atoms with van der Waals surface area (Å²) < 4.78 is 7.60. The molecule has 1 saturated heterocycles. The Balaban J connectivity index is 2.00. The van der Waals surface area contributed by atoms with Crippen LogP contribution in [0.3, 0.4) is 0 Å². The van der Waals surface area contributed by atoms with Crippen LogP contribution in [-0.4, -0.2) is 33.2 Å². The number of ether oxygens (including phenoxy) is 1. The van der Waals surface area contributed by atoms with Crippen molar-refractivity contribution in [3.8, 4) is 0 Å². The summed E-state index contributed by atoms with van der Waals surface area (Å²) in [6.45, 7) is 2.70. The Kier molecular flexibility index (Phi) is 4.36. The second-order valence-corrected chi connectivity index (χ2v) is 4.64. The quantitative estimate of drug-likeness (QED) is 0.319. The van der Waals surface area contributed by atoms with E-state index in [1.807, 2.05) is 22.6 Å². The summed E-state index contributed by atoms with van der Waals surface area (Å²) in [5.74, 6) is 0.469. The van der Waals surface area contributed by atoms with E-state index in [2.05, 4.69) is 26.0 Å². The number of nitrogens with zero attached hydrogens (tertiary/aromatic N) is 1. The Hall–Kier alpha value is 0.890. The van der Waals surface area contributed by atoms with Crippen LogP contribution in [0.4, 0.5) is 0 Å². The number of halogens is 2. The van der Waals surface area contributed by atoms with Crippen molar-refractivity contribution in [3.63, 3.8) is 0 Å². The molecule has 0 aromatic rings. The molecule has 0 saturated carbocycles. The topological polar surface area (TPSA) is 29.5 Å². The van der Waals surface area contributed by atoms with Crippen molar-refractivity contribution in [1.29, 1.82) is 0 Å². The molecule has 1 heterocycles. The van der Waals surface area contributed by atoms with Crippen molar-refractivity contribution in [3.05, 3.63) is 0 Å². The first-order valence-electron chi connectivity index (χ1n) is 3.34. The molecule has 0 radical (unpaired) electrons. The molecule has 0 aromatic carbocycles. The molecule has 0 unspecified atom stereocenters. The van der Waals surface area contributed by atoms with Gasteiger partial charge >= 0.3 is 5.97 Å². The highest BCUT2D eigenvalue weighted by atomic mass is 127. The highest BCUT2D eigenvalue weighted by Crippen LogP contribution is 2.19. The van der Waals surface area contributed by atoms with Gasteiger partial charge in [0.15, 0.2) is 0 Å². The minimum Gasteiger partial charge on any atom is -0.465 e. The van der Waals surface area contributed by atoms with E-state index in [4.69, 9.17) is 4.74 Å². The van der Waals surface area contributed by atoms with E-state index in [9.17, 15) is 4.79 Å². The summed E-state index contributed by atoms with van der Waals surface area (Å²) in [7, 11) is 0. The van der Waals surface area contributed by atoms with Gasteiger partial charge in [-0.3, -0.25) is 4.79 Å². The maximum absolute atomic E-state index is 10.7. The average Bonchev–Trinajstić information content (AvgIpc) is 1.95. The average molecular weight is 381 g/mol. The zero-order valence-electron chi connectivity index (χ0n) is 5.93.